The summed E-state index contributed by atoms with van der Waals surface area (Å²) in [6, 6.07) is 44.9. The molecule has 19 rings (SSSR count). The molecule has 129 heavy (non-hydrogen) atoms. The van der Waals surface area contributed by atoms with Crippen molar-refractivity contribution in [3.8, 4) is 74.1 Å². The zero-order valence-electron chi connectivity index (χ0n) is 79.3. The second-order valence-electron chi connectivity index (χ2n) is 33.9. The van der Waals surface area contributed by atoms with Gasteiger partial charge in [0.1, 0.15) is 23.1 Å². The van der Waals surface area contributed by atoms with E-state index in [4.69, 9.17) is 50.3 Å². The Morgan fingerprint density at radius 2 is 0.698 bits per heavy atom. The van der Waals surface area contributed by atoms with Crippen LogP contribution in [-0.2, 0) is 65.7 Å². The van der Waals surface area contributed by atoms with Crippen molar-refractivity contribution in [1.29, 1.82) is 0 Å². The maximum Gasteiger partial charge on any atom is 0.351 e. The molecule has 31 nitrogen and oxygen atoms in total. The van der Waals surface area contributed by atoms with Crippen LogP contribution in [0.3, 0.4) is 0 Å². The molecule has 0 atom stereocenters. The number of aromatic nitrogens is 31. The van der Waals surface area contributed by atoms with Gasteiger partial charge in [0.05, 0.1) is 91.3 Å². The largest absolute Gasteiger partial charge is 0.351 e. The first-order valence-corrected chi connectivity index (χ1v) is 45.6. The Balaban J connectivity index is 0.000000125. The van der Waals surface area contributed by atoms with Crippen molar-refractivity contribution in [3.05, 3.63) is 205 Å². The van der Waals surface area contributed by atoms with Gasteiger partial charge in [0.15, 0.2) is 34.1 Å². The summed E-state index contributed by atoms with van der Waals surface area (Å²) in [5.41, 5.74) is 23.8. The number of hydrogen-bond acceptors (Lipinski definition) is 18. The minimum atomic E-state index is 0.256. The fraction of sp³-hybridized carbons (Fsp3) is 0.398. The highest BCUT2D eigenvalue weighted by atomic mass is 15.4. The van der Waals surface area contributed by atoms with Gasteiger partial charge in [0.25, 0.3) is 0 Å². The number of pyridine rings is 7. The molecule has 0 unspecified atom stereocenters. The number of aryl methyl sites for hydroxylation is 10. The van der Waals surface area contributed by atoms with E-state index in [2.05, 4.69) is 257 Å². The summed E-state index contributed by atoms with van der Waals surface area (Å²) >= 11 is 0. The van der Waals surface area contributed by atoms with Crippen LogP contribution in [0.4, 0.5) is 0 Å². The van der Waals surface area contributed by atoms with E-state index >= 15 is 0 Å². The van der Waals surface area contributed by atoms with E-state index in [1.54, 1.807) is 23.3 Å². The first kappa shape index (κ1) is 91.3. The molecule has 19 aromatic heterocycles. The molecule has 0 bridgehead atoms. The molecule has 0 spiro atoms. The molecule has 670 valence electrons. The topological polar surface area (TPSA) is 306 Å². The van der Waals surface area contributed by atoms with Gasteiger partial charge in [0, 0.05) is 128 Å². The summed E-state index contributed by atoms with van der Waals surface area (Å²) in [7, 11) is 3.85. The first-order chi connectivity index (χ1) is 62.2. The molecule has 1 N–H and O–H groups in total. The second-order valence-corrected chi connectivity index (χ2v) is 33.9. The minimum Gasteiger partial charge on any atom is -0.275 e. The average molecular weight is 1740 g/mol. The van der Waals surface area contributed by atoms with Crippen molar-refractivity contribution in [2.75, 3.05) is 0 Å². The molecule has 19 heterocycles. The van der Waals surface area contributed by atoms with Crippen LogP contribution in [0.25, 0.3) is 140 Å². The zero-order valence-corrected chi connectivity index (χ0v) is 79.3. The molecule has 0 aromatic carbocycles. The van der Waals surface area contributed by atoms with Crippen molar-refractivity contribution >= 4 is 66.2 Å². The highest BCUT2D eigenvalue weighted by Gasteiger charge is 2.26. The number of nitrogens with zero attached hydrogens (tertiary/aromatic N) is 30. The number of fused-ring (bicyclic) bond motifs is 6. The van der Waals surface area contributed by atoms with Gasteiger partial charge in [-0.05, 0) is 276 Å². The van der Waals surface area contributed by atoms with Crippen molar-refractivity contribution in [2.45, 2.75) is 246 Å². The van der Waals surface area contributed by atoms with Crippen LogP contribution in [0, 0.1) is 0 Å². The molecule has 0 fully saturated rings. The highest BCUT2D eigenvalue weighted by Crippen LogP contribution is 2.33. The minimum absolute atomic E-state index is 0.256. The molecule has 0 amide bonds. The van der Waals surface area contributed by atoms with Crippen LogP contribution in [0.5, 0.6) is 0 Å². The lowest BCUT2D eigenvalue weighted by molar-refractivity contribution is -0.747. The quantitative estimate of drug-likeness (QED) is 0.0616. The van der Waals surface area contributed by atoms with Crippen LogP contribution in [-0.4, -0.2) is 148 Å². The Bertz CT molecular complexity index is 6980. The molecule has 0 saturated heterocycles. The highest BCUT2D eigenvalue weighted by molar-refractivity contribution is 5.86. The SMILES string of the molecule is CCc1[nH][n+](C(C)C)c2nc(-c3ccnn3C)ccc12.CCc1nn(C(C)C)c2nc(-c3ccn(C)n3)ccc12.CCc1nn(C(C)C)c2nc(-c3ccn(CC)n3)ccc12.CCc1nn(C(C)C)c2nc(-c3ccnn3-c3ccccn3)ccc12.CCc1nn(C(C)C)c2nc(-c3ccnn3C(C)C)ccc12.CCc1nn(C(C)C)c2nc(-c3ccnn3CC)ccc12. The van der Waals surface area contributed by atoms with Crippen molar-refractivity contribution < 1.29 is 4.68 Å². The summed E-state index contributed by atoms with van der Waals surface area (Å²) in [5, 5.41) is 60.2. The predicted molar refractivity (Wildman–Crippen MR) is 513 cm³/mol. The monoisotopic (exact) mass is 1740 g/mol. The Labute approximate surface area is 753 Å². The van der Waals surface area contributed by atoms with Crippen LogP contribution in [0.2, 0.25) is 0 Å². The summed E-state index contributed by atoms with van der Waals surface area (Å²) < 4.78 is 23.5. The third-order valence-corrected chi connectivity index (χ3v) is 22.6. The third-order valence-electron chi connectivity index (χ3n) is 22.6. The maximum absolute atomic E-state index is 4.91. The lowest BCUT2D eigenvalue weighted by Crippen LogP contribution is -2.39. The van der Waals surface area contributed by atoms with E-state index in [1.807, 2.05) is 158 Å². The van der Waals surface area contributed by atoms with Gasteiger partial charge in [-0.1, -0.05) is 47.6 Å². The van der Waals surface area contributed by atoms with Crippen molar-refractivity contribution in [2.24, 2.45) is 14.1 Å². The van der Waals surface area contributed by atoms with Gasteiger partial charge in [-0.15, -0.1) is 0 Å². The van der Waals surface area contributed by atoms with E-state index in [0.29, 0.717) is 36.3 Å². The van der Waals surface area contributed by atoms with Crippen LogP contribution in [0.1, 0.15) is 229 Å². The fourth-order valence-electron chi connectivity index (χ4n) is 15.9. The van der Waals surface area contributed by atoms with Crippen LogP contribution >= 0.6 is 0 Å². The summed E-state index contributed by atoms with van der Waals surface area (Å²) in [4.78, 5) is 33.5. The lowest BCUT2D eigenvalue weighted by atomic mass is 10.2. The number of H-pyrrole nitrogens is 1. The van der Waals surface area contributed by atoms with E-state index in [1.165, 1.54) is 11.1 Å². The molecule has 31 heteroatoms. The van der Waals surface area contributed by atoms with Crippen LogP contribution < -0.4 is 4.68 Å². The van der Waals surface area contributed by atoms with Gasteiger partial charge in [-0.25, -0.2) is 63.1 Å². The number of rotatable bonds is 22. The molecule has 0 aliphatic heterocycles. The van der Waals surface area contributed by atoms with E-state index in [-0.39, 0.29) is 6.04 Å². The number of nitrogens with one attached hydrogen (secondary N) is 1. The van der Waals surface area contributed by atoms with Gasteiger partial charge < -0.3 is 0 Å². The standard InChI is InChI=1S/C19H20N6.C17H23N5.2C16H21N5.2C15H19N5/c1-4-15-14-8-9-16(22-19(14)24(23-15)13(2)3)17-10-12-21-25(17)18-7-5-6-11-20-18;1-6-14-13-7-8-15(16-9-10-18-21(16)11(2)3)19-17(13)22(20-14)12(4)5;1-5-13-12-7-8-14(15-9-10-20(6-2)18-15)17-16(12)21(19-13)11(3)4;1-5-13-12-7-8-14(15-9-10-17-20(15)6-2)18-16(12)21(19-13)11(3)4;1-5-12-11-6-7-13(14-8-9-19(4)17-14)16-15(11)20(18-12)10(2)3;1-5-12-11-6-7-13(14-8-9-16-19(14)4)17-15(11)20(18-12)10(2)3/h5-13H,4H2,1-3H3;7-12H,6H2,1-5H3;2*7-11H,5-6H2,1-4H3;2*6-10H,5H2,1-4H3/p+1. The lowest BCUT2D eigenvalue weighted by Gasteiger charge is -2.11. The molecule has 0 saturated carbocycles. The van der Waals surface area contributed by atoms with E-state index < -0.39 is 0 Å². The molecule has 19 aromatic rings. The Morgan fingerprint density at radius 3 is 1.09 bits per heavy atom. The smallest absolute Gasteiger partial charge is 0.275 e. The predicted octanol–water partition coefficient (Wildman–Crippen LogP) is 20.1. The Hall–Kier alpha value is -13.9. The van der Waals surface area contributed by atoms with Crippen molar-refractivity contribution in [1.82, 2.24) is 148 Å². The Kier molecular flexibility index (Phi) is 28.3. The van der Waals surface area contributed by atoms with E-state index in [0.717, 1.165) is 215 Å². The second kappa shape index (κ2) is 40.0. The molecule has 0 aliphatic rings. The van der Waals surface area contributed by atoms with Gasteiger partial charge in [0.2, 0.25) is 5.69 Å². The molecular weight excluding hydrogens is 1610 g/mol. The zero-order chi connectivity index (χ0) is 91.8. The number of aromatic amines is 1. The van der Waals surface area contributed by atoms with Gasteiger partial charge in [-0.2, -0.15) is 60.8 Å². The Morgan fingerprint density at radius 1 is 0.310 bits per heavy atom. The van der Waals surface area contributed by atoms with Gasteiger partial charge >= 0.3 is 5.65 Å². The third kappa shape index (κ3) is 19.1. The summed E-state index contributed by atoms with van der Waals surface area (Å²) in [6.07, 6.45) is 18.4. The van der Waals surface area contributed by atoms with Crippen LogP contribution in [0.15, 0.2) is 171 Å². The molecule has 0 radical (unpaired) electrons. The summed E-state index contributed by atoms with van der Waals surface area (Å²) in [6.45, 7) is 48.5. The van der Waals surface area contributed by atoms with Crippen molar-refractivity contribution in [3.63, 3.8) is 0 Å². The fourth-order valence-corrected chi connectivity index (χ4v) is 15.9. The average Bonchev–Trinajstić information content (AvgIpc) is 1.65. The number of hydrogen-bond donors (Lipinski definition) is 1. The normalized spacial score (nSPS) is 11.7. The molecular formula is C98H124N31+. The maximum atomic E-state index is 4.91. The molecule has 0 aliphatic carbocycles. The van der Waals surface area contributed by atoms with E-state index in [9.17, 15) is 0 Å². The van der Waals surface area contributed by atoms with Gasteiger partial charge in [-0.3, -0.25) is 23.4 Å². The summed E-state index contributed by atoms with van der Waals surface area (Å²) in [5.74, 6) is 0.774. The first-order valence-electron chi connectivity index (χ1n) is 45.6.